The summed E-state index contributed by atoms with van der Waals surface area (Å²) in [6.07, 6.45) is 126. The van der Waals surface area contributed by atoms with Gasteiger partial charge in [-0.3, -0.25) is 0 Å². The third-order valence-electron chi connectivity index (χ3n) is 21.7. The van der Waals surface area contributed by atoms with Crippen molar-refractivity contribution in [3.8, 4) is 0 Å². The summed E-state index contributed by atoms with van der Waals surface area (Å²) in [5.74, 6) is 0. The average molecular weight is 1860 g/mol. The van der Waals surface area contributed by atoms with Crippen LogP contribution in [0.2, 0.25) is 0 Å². The van der Waals surface area contributed by atoms with Gasteiger partial charge in [0.2, 0.25) is 0 Å². The van der Waals surface area contributed by atoms with Gasteiger partial charge in [-0.2, -0.15) is 0 Å². The summed E-state index contributed by atoms with van der Waals surface area (Å²) in [5, 5.41) is 8.06. The van der Waals surface area contributed by atoms with Gasteiger partial charge in [-0.15, -0.1) is 0 Å². The second-order valence-electron chi connectivity index (χ2n) is 38.2. The molecule has 818 valence electrons. The van der Waals surface area contributed by atoms with Crippen molar-refractivity contribution in [2.24, 2.45) is 0 Å². The zero-order valence-electron chi connectivity index (χ0n) is 103. The fourth-order valence-electron chi connectivity index (χ4n) is 12.2. The first-order valence-electron chi connectivity index (χ1n) is 62.9. The second kappa shape index (κ2) is 244. The van der Waals surface area contributed by atoms with E-state index in [-0.39, 0.29) is 6.10 Å². The Hall–Kier alpha value is -0.0400. The molecule has 0 bridgehead atoms. The minimum Gasteiger partial charge on any atom is -0.394 e. The number of unbranched alkanes of at least 4 members (excludes halogenated alkanes) is 72. The van der Waals surface area contributed by atoms with E-state index in [1.807, 2.05) is 0 Å². The minimum absolute atomic E-state index is 0.167. The lowest BCUT2D eigenvalue weighted by molar-refractivity contribution is 0.216. The fourth-order valence-corrected chi connectivity index (χ4v) is 12.2. The van der Waals surface area contributed by atoms with Gasteiger partial charge in [0, 0.05) is 6.10 Å². The van der Waals surface area contributed by atoms with Gasteiger partial charge in [0.25, 0.3) is 0 Å². The molecule has 0 heterocycles. The number of rotatable bonds is 72. The number of aliphatic hydroxyl groups excluding tert-OH is 1. The number of hydrogen-bond donors (Lipinski definition) is 1. The van der Waals surface area contributed by atoms with Crippen LogP contribution in [0.5, 0.6) is 0 Å². The van der Waals surface area contributed by atoms with Crippen molar-refractivity contribution >= 4 is 0 Å². The Labute approximate surface area is 846 Å². The second-order valence-corrected chi connectivity index (χ2v) is 38.2. The van der Waals surface area contributed by atoms with Crippen LogP contribution in [0.3, 0.4) is 0 Å². The van der Waals surface area contributed by atoms with E-state index in [1.165, 1.54) is 578 Å². The molecule has 0 saturated heterocycles. The summed E-state index contributed by atoms with van der Waals surface area (Å²) < 4.78 is 0. The van der Waals surface area contributed by atoms with E-state index in [1.54, 1.807) is 13.8 Å². The van der Waals surface area contributed by atoms with Gasteiger partial charge in [0.05, 0.1) is 0 Å². The van der Waals surface area contributed by atoms with E-state index >= 15 is 0 Å². The summed E-state index contributed by atoms with van der Waals surface area (Å²) in [7, 11) is 0. The highest BCUT2D eigenvalue weighted by atomic mass is 16.3. The highest BCUT2D eigenvalue weighted by molar-refractivity contribution is 4.46. The molecule has 0 rings (SSSR count). The van der Waals surface area contributed by atoms with Crippen LogP contribution in [0.15, 0.2) is 0 Å². The molecule has 0 unspecified atom stereocenters. The molecule has 0 aliphatic carbocycles. The van der Waals surface area contributed by atoms with Crippen molar-refractivity contribution in [1.82, 2.24) is 0 Å². The highest BCUT2D eigenvalue weighted by Gasteiger charge is 1.91. The van der Waals surface area contributed by atoms with Gasteiger partial charge in [-0.1, -0.05) is 827 Å². The molecule has 0 aromatic heterocycles. The van der Waals surface area contributed by atoms with Gasteiger partial charge in [-0.05, 0) is 13.8 Å². The summed E-state index contributed by atoms with van der Waals surface area (Å²) in [6, 6.07) is 0. The molecule has 0 aromatic carbocycles. The molecule has 0 aliphatic rings. The molecule has 0 aromatic rings. The van der Waals surface area contributed by atoms with Crippen LogP contribution in [0.1, 0.15) is 841 Å². The van der Waals surface area contributed by atoms with E-state index in [4.69, 9.17) is 5.11 Å². The van der Waals surface area contributed by atoms with E-state index in [0.29, 0.717) is 0 Å². The van der Waals surface area contributed by atoms with Gasteiger partial charge >= 0.3 is 0 Å². The molecular weight excluding hydrogens is 1570 g/mol. The molecule has 1 N–H and O–H groups in total. The van der Waals surface area contributed by atoms with Crippen molar-refractivity contribution in [3.63, 3.8) is 0 Å². The molecular formula is C129H296O. The van der Waals surface area contributed by atoms with Gasteiger partial charge in [0.1, 0.15) is 0 Å². The maximum atomic E-state index is 8.06. The van der Waals surface area contributed by atoms with E-state index < -0.39 is 0 Å². The largest absolute Gasteiger partial charge is 0.394 e. The predicted octanol–water partition coefficient (Wildman–Crippen LogP) is 54.0. The molecule has 0 fully saturated rings. The Bertz CT molecular complexity index is 773. The van der Waals surface area contributed by atoms with Crippen molar-refractivity contribution in [2.75, 3.05) is 0 Å². The standard InChI is InChI=1S/18C7H16.C3H8O/c18*1-3-5-7-6-4-2;1-3(2)4/h18*3-7H2,1-2H3;3-4H,1-2H3. The quantitative estimate of drug-likeness (QED) is 0.0602. The molecule has 0 spiro atoms. The SMILES string of the molecule is CC(C)O.CCCCCCC.CCCCCCC.CCCCCCC.CCCCCCC.CCCCCCC.CCCCCCC.CCCCCCC.CCCCCCC.CCCCCCC.CCCCCCC.CCCCCCC.CCCCCCC.CCCCCCC.CCCCCCC.CCCCCCC.CCCCCCC.CCCCCCC.CCCCCCC. The van der Waals surface area contributed by atoms with Crippen LogP contribution in [0.4, 0.5) is 0 Å². The van der Waals surface area contributed by atoms with Crippen LogP contribution in [0.25, 0.3) is 0 Å². The van der Waals surface area contributed by atoms with Crippen molar-refractivity contribution in [2.45, 2.75) is 847 Å². The smallest absolute Gasteiger partial charge is 0.0483 e. The molecule has 0 aliphatic heterocycles. The molecule has 130 heavy (non-hydrogen) atoms. The first-order chi connectivity index (χ1) is 63.2. The molecule has 1 nitrogen and oxygen atoms in total. The maximum Gasteiger partial charge on any atom is 0.0483 e. The molecule has 0 amide bonds. The zero-order valence-corrected chi connectivity index (χ0v) is 103. The Balaban J connectivity index is -0.0000000589. The van der Waals surface area contributed by atoms with Crippen molar-refractivity contribution < 1.29 is 5.11 Å². The lowest BCUT2D eigenvalue weighted by Crippen LogP contribution is -1.85. The zero-order chi connectivity index (χ0) is 103. The molecule has 0 atom stereocenters. The topological polar surface area (TPSA) is 20.2 Å². The average Bonchev–Trinajstić information content (AvgIpc) is 3.74. The molecule has 0 saturated carbocycles. The van der Waals surface area contributed by atoms with Crippen LogP contribution >= 0.6 is 0 Å². The number of hydrogen-bond acceptors (Lipinski definition) is 1. The Morgan fingerprint density at radius 1 is 0.0769 bits per heavy atom. The summed E-state index contributed by atoms with van der Waals surface area (Å²) >= 11 is 0. The summed E-state index contributed by atoms with van der Waals surface area (Å²) in [4.78, 5) is 0. The Kier molecular flexibility index (Phi) is 330. The fraction of sp³-hybridized carbons (Fsp3) is 1.00. The van der Waals surface area contributed by atoms with Gasteiger partial charge in [0.15, 0.2) is 0 Å². The normalized spacial score (nSPS) is 9.42. The van der Waals surface area contributed by atoms with Crippen molar-refractivity contribution in [1.29, 1.82) is 0 Å². The first kappa shape index (κ1) is 176. The van der Waals surface area contributed by atoms with E-state index in [2.05, 4.69) is 249 Å². The van der Waals surface area contributed by atoms with Crippen LogP contribution in [0, 0.1) is 0 Å². The first-order valence-corrected chi connectivity index (χ1v) is 62.9. The monoisotopic (exact) mass is 1860 g/mol. The maximum absolute atomic E-state index is 8.06. The lowest BCUT2D eigenvalue weighted by atomic mass is 10.2. The summed E-state index contributed by atoms with van der Waals surface area (Å²) in [5.41, 5.74) is 0. The van der Waals surface area contributed by atoms with Crippen LogP contribution < -0.4 is 0 Å². The molecule has 0 radical (unpaired) electrons. The van der Waals surface area contributed by atoms with Crippen molar-refractivity contribution in [3.05, 3.63) is 0 Å². The third kappa shape index (κ3) is 398. The Morgan fingerprint density at radius 2 is 0.100 bits per heavy atom. The third-order valence-corrected chi connectivity index (χ3v) is 21.7. The minimum atomic E-state index is -0.167. The van der Waals surface area contributed by atoms with Gasteiger partial charge in [-0.25, -0.2) is 0 Å². The Morgan fingerprint density at radius 3 is 0.115 bits per heavy atom. The number of aliphatic hydroxyl groups is 1. The predicted molar refractivity (Wildman–Crippen MR) is 637 cm³/mol. The van der Waals surface area contributed by atoms with Crippen LogP contribution in [-0.4, -0.2) is 11.2 Å². The van der Waals surface area contributed by atoms with Crippen LogP contribution in [-0.2, 0) is 0 Å². The molecule has 1 heteroatoms. The van der Waals surface area contributed by atoms with E-state index in [9.17, 15) is 0 Å². The summed E-state index contributed by atoms with van der Waals surface area (Å²) in [6.45, 7) is 84.3. The lowest BCUT2D eigenvalue weighted by Gasteiger charge is -1.90. The van der Waals surface area contributed by atoms with E-state index in [0.717, 1.165) is 0 Å². The highest BCUT2D eigenvalue weighted by Crippen LogP contribution is 2.10. The van der Waals surface area contributed by atoms with Gasteiger partial charge < -0.3 is 5.11 Å².